The lowest BCUT2D eigenvalue weighted by Gasteiger charge is -2.33. The van der Waals surface area contributed by atoms with Crippen molar-refractivity contribution in [2.45, 2.75) is 25.8 Å². The molecule has 2 saturated heterocycles. The van der Waals surface area contributed by atoms with Crippen molar-refractivity contribution in [3.8, 4) is 0 Å². The van der Waals surface area contributed by atoms with Crippen LogP contribution in [-0.2, 0) is 11.3 Å². The van der Waals surface area contributed by atoms with E-state index in [1.165, 1.54) is 43.6 Å². The Morgan fingerprint density at radius 1 is 0.895 bits per heavy atom. The van der Waals surface area contributed by atoms with Gasteiger partial charge in [0.15, 0.2) is 0 Å². The van der Waals surface area contributed by atoms with E-state index in [1.807, 2.05) is 0 Å². The second kappa shape index (κ2) is 6.40. The van der Waals surface area contributed by atoms with Gasteiger partial charge >= 0.3 is 0 Å². The molecule has 104 valence electrons. The van der Waals surface area contributed by atoms with Crippen molar-refractivity contribution >= 4 is 5.69 Å². The highest BCUT2D eigenvalue weighted by Gasteiger charge is 2.17. The highest BCUT2D eigenvalue weighted by atomic mass is 16.5. The minimum Gasteiger partial charge on any atom is -0.379 e. The Balaban J connectivity index is 1.72. The van der Waals surface area contributed by atoms with E-state index < -0.39 is 0 Å². The van der Waals surface area contributed by atoms with Gasteiger partial charge in [-0.3, -0.25) is 4.90 Å². The zero-order chi connectivity index (χ0) is 12.9. The van der Waals surface area contributed by atoms with Crippen molar-refractivity contribution in [3.05, 3.63) is 29.8 Å². The fraction of sp³-hybridized carbons (Fsp3) is 0.625. The largest absolute Gasteiger partial charge is 0.379 e. The lowest BCUT2D eigenvalue weighted by molar-refractivity contribution is 0.0342. The van der Waals surface area contributed by atoms with E-state index >= 15 is 0 Å². The molecule has 1 aromatic rings. The molecule has 2 aliphatic heterocycles. The van der Waals surface area contributed by atoms with Gasteiger partial charge in [0.05, 0.1) is 13.2 Å². The van der Waals surface area contributed by atoms with Gasteiger partial charge in [0, 0.05) is 38.4 Å². The van der Waals surface area contributed by atoms with Crippen molar-refractivity contribution in [2.75, 3.05) is 44.3 Å². The summed E-state index contributed by atoms with van der Waals surface area (Å²) in [5.74, 6) is 0. The topological polar surface area (TPSA) is 15.7 Å². The van der Waals surface area contributed by atoms with Crippen LogP contribution >= 0.6 is 0 Å². The van der Waals surface area contributed by atoms with Gasteiger partial charge < -0.3 is 9.64 Å². The molecular formula is C16H24N2O. The lowest BCUT2D eigenvalue weighted by atomic mass is 10.1. The molecule has 0 spiro atoms. The van der Waals surface area contributed by atoms with E-state index in [0.29, 0.717) is 0 Å². The first-order valence-corrected chi connectivity index (χ1v) is 7.56. The third-order valence-electron chi connectivity index (χ3n) is 4.19. The number of rotatable bonds is 3. The summed E-state index contributed by atoms with van der Waals surface area (Å²) in [7, 11) is 0. The predicted octanol–water partition coefficient (Wildman–Crippen LogP) is 2.51. The molecule has 1 aromatic carbocycles. The molecule has 2 fully saturated rings. The number of hydrogen-bond acceptors (Lipinski definition) is 3. The summed E-state index contributed by atoms with van der Waals surface area (Å²) in [6, 6.07) is 8.93. The quantitative estimate of drug-likeness (QED) is 0.830. The summed E-state index contributed by atoms with van der Waals surface area (Å²) in [6.45, 7) is 7.40. The fourth-order valence-electron chi connectivity index (χ4n) is 3.09. The Labute approximate surface area is 116 Å². The van der Waals surface area contributed by atoms with Crippen LogP contribution in [0.25, 0.3) is 0 Å². The van der Waals surface area contributed by atoms with Crippen molar-refractivity contribution in [1.82, 2.24) is 4.90 Å². The summed E-state index contributed by atoms with van der Waals surface area (Å²) in [4.78, 5) is 5.07. The third kappa shape index (κ3) is 3.28. The molecule has 0 saturated carbocycles. The van der Waals surface area contributed by atoms with Crippen molar-refractivity contribution in [3.63, 3.8) is 0 Å². The Bertz CT molecular complexity index is 395. The van der Waals surface area contributed by atoms with E-state index in [0.717, 1.165) is 32.8 Å². The Morgan fingerprint density at radius 2 is 1.63 bits per heavy atom. The van der Waals surface area contributed by atoms with Gasteiger partial charge in [0.25, 0.3) is 0 Å². The summed E-state index contributed by atoms with van der Waals surface area (Å²) < 4.78 is 5.43. The van der Waals surface area contributed by atoms with Crippen LogP contribution in [0.2, 0.25) is 0 Å². The normalized spacial score (nSPS) is 21.6. The van der Waals surface area contributed by atoms with Gasteiger partial charge in [-0.25, -0.2) is 0 Å². The maximum absolute atomic E-state index is 5.43. The molecular weight excluding hydrogens is 236 g/mol. The van der Waals surface area contributed by atoms with E-state index in [9.17, 15) is 0 Å². The second-order valence-corrected chi connectivity index (χ2v) is 5.56. The van der Waals surface area contributed by atoms with E-state index in [2.05, 4.69) is 34.1 Å². The maximum atomic E-state index is 5.43. The van der Waals surface area contributed by atoms with Crippen molar-refractivity contribution in [2.24, 2.45) is 0 Å². The van der Waals surface area contributed by atoms with Crippen LogP contribution in [-0.4, -0.2) is 44.3 Å². The molecule has 19 heavy (non-hydrogen) atoms. The lowest BCUT2D eigenvalue weighted by Crippen LogP contribution is -2.36. The molecule has 3 rings (SSSR count). The minimum absolute atomic E-state index is 0.881. The molecule has 0 aromatic heterocycles. The Hall–Kier alpha value is -1.06. The highest BCUT2D eigenvalue weighted by Crippen LogP contribution is 2.25. The maximum Gasteiger partial charge on any atom is 0.0594 e. The smallest absolute Gasteiger partial charge is 0.0594 e. The molecule has 2 aliphatic rings. The summed E-state index contributed by atoms with van der Waals surface area (Å²) >= 11 is 0. The average molecular weight is 260 g/mol. The monoisotopic (exact) mass is 260 g/mol. The van der Waals surface area contributed by atoms with Gasteiger partial charge in [0.2, 0.25) is 0 Å². The van der Waals surface area contributed by atoms with Crippen LogP contribution in [0, 0.1) is 0 Å². The molecule has 0 bridgehead atoms. The van der Waals surface area contributed by atoms with Gasteiger partial charge in [-0.15, -0.1) is 0 Å². The Morgan fingerprint density at radius 3 is 2.42 bits per heavy atom. The number of ether oxygens (including phenoxy) is 1. The standard InChI is InChI=1S/C16H24N2O/c1-4-8-18(9-5-1)16-7-3-2-6-15(16)14-17-10-12-19-13-11-17/h2-3,6-7H,1,4-5,8-14H2. The first-order chi connectivity index (χ1) is 9.43. The zero-order valence-corrected chi connectivity index (χ0v) is 11.7. The van der Waals surface area contributed by atoms with E-state index in [-0.39, 0.29) is 0 Å². The molecule has 2 heterocycles. The Kier molecular flexibility index (Phi) is 4.36. The predicted molar refractivity (Wildman–Crippen MR) is 78.6 cm³/mol. The van der Waals surface area contributed by atoms with Gasteiger partial charge in [0.1, 0.15) is 0 Å². The second-order valence-electron chi connectivity index (χ2n) is 5.56. The third-order valence-corrected chi connectivity index (χ3v) is 4.19. The number of nitrogens with zero attached hydrogens (tertiary/aromatic N) is 2. The molecule has 3 heteroatoms. The summed E-state index contributed by atoms with van der Waals surface area (Å²) in [6.07, 6.45) is 4.07. The SMILES string of the molecule is c1ccc(N2CCCCC2)c(CN2CCOCC2)c1. The molecule has 0 atom stereocenters. The number of piperidine rings is 1. The van der Waals surface area contributed by atoms with Gasteiger partial charge in [-0.1, -0.05) is 18.2 Å². The summed E-state index contributed by atoms with van der Waals surface area (Å²) in [5.41, 5.74) is 2.93. The first kappa shape index (κ1) is 12.9. The van der Waals surface area contributed by atoms with Crippen molar-refractivity contribution < 1.29 is 4.74 Å². The van der Waals surface area contributed by atoms with Gasteiger partial charge in [-0.05, 0) is 30.9 Å². The molecule has 0 N–H and O–H groups in total. The fourth-order valence-corrected chi connectivity index (χ4v) is 3.09. The van der Waals surface area contributed by atoms with Crippen LogP contribution in [0.3, 0.4) is 0 Å². The number of anilines is 1. The van der Waals surface area contributed by atoms with Crippen LogP contribution in [0.5, 0.6) is 0 Å². The zero-order valence-electron chi connectivity index (χ0n) is 11.7. The molecule has 0 amide bonds. The number of benzene rings is 1. The number of morpholine rings is 1. The van der Waals surface area contributed by atoms with Crippen LogP contribution in [0.4, 0.5) is 5.69 Å². The van der Waals surface area contributed by atoms with E-state index in [1.54, 1.807) is 0 Å². The van der Waals surface area contributed by atoms with E-state index in [4.69, 9.17) is 4.74 Å². The van der Waals surface area contributed by atoms with Crippen LogP contribution in [0.15, 0.2) is 24.3 Å². The van der Waals surface area contributed by atoms with Crippen molar-refractivity contribution in [1.29, 1.82) is 0 Å². The van der Waals surface area contributed by atoms with Crippen LogP contribution < -0.4 is 4.90 Å². The highest BCUT2D eigenvalue weighted by molar-refractivity contribution is 5.53. The van der Waals surface area contributed by atoms with Crippen LogP contribution in [0.1, 0.15) is 24.8 Å². The number of para-hydroxylation sites is 1. The molecule has 0 unspecified atom stereocenters. The first-order valence-electron chi connectivity index (χ1n) is 7.56. The molecule has 0 radical (unpaired) electrons. The molecule has 3 nitrogen and oxygen atoms in total. The minimum atomic E-state index is 0.881. The average Bonchev–Trinajstić information content (AvgIpc) is 2.50. The number of hydrogen-bond donors (Lipinski definition) is 0. The molecule has 0 aliphatic carbocycles. The van der Waals surface area contributed by atoms with Gasteiger partial charge in [-0.2, -0.15) is 0 Å². The summed E-state index contributed by atoms with van der Waals surface area (Å²) in [5, 5.41) is 0.